The molecule has 0 bridgehead atoms. The zero-order valence-electron chi connectivity index (χ0n) is 14.2. The van der Waals surface area contributed by atoms with Crippen molar-refractivity contribution in [3.63, 3.8) is 0 Å². The second-order valence-corrected chi connectivity index (χ2v) is 6.46. The van der Waals surface area contributed by atoms with E-state index in [1.807, 2.05) is 6.20 Å². The molecule has 1 fully saturated rings. The number of hydrogen-bond donors (Lipinski definition) is 1. The number of nitrogens with zero attached hydrogens (tertiary/aromatic N) is 3. The normalized spacial score (nSPS) is 15.6. The predicted molar refractivity (Wildman–Crippen MR) is 95.3 cm³/mol. The van der Waals surface area contributed by atoms with E-state index in [0.29, 0.717) is 0 Å². The van der Waals surface area contributed by atoms with Crippen LogP contribution < -0.4 is 0 Å². The molecule has 0 atom stereocenters. The number of aromatic nitrogens is 2. The van der Waals surface area contributed by atoms with E-state index in [0.717, 1.165) is 25.3 Å². The van der Waals surface area contributed by atoms with E-state index in [9.17, 15) is 0 Å². The fourth-order valence-corrected chi connectivity index (χ4v) is 3.40. The molecule has 0 spiro atoms. The lowest BCUT2D eigenvalue weighted by atomic mass is 10.1. The minimum atomic E-state index is 0.975. The standard InChI is InChI=1S/C19H28N4/c1-2-10-23(14-13-22-11-6-7-12-22)16-18-15-20-21-19(18)17-8-4-3-5-9-17/h3-5,8-9,15H,2,6-7,10-14,16H2,1H3,(H,20,21). The third-order valence-electron chi connectivity index (χ3n) is 4.65. The van der Waals surface area contributed by atoms with Crippen molar-refractivity contribution in [2.75, 3.05) is 32.7 Å². The summed E-state index contributed by atoms with van der Waals surface area (Å²) in [5.41, 5.74) is 3.68. The minimum Gasteiger partial charge on any atom is -0.302 e. The van der Waals surface area contributed by atoms with Gasteiger partial charge in [-0.15, -0.1) is 0 Å². The zero-order valence-corrected chi connectivity index (χ0v) is 14.2. The molecule has 0 saturated carbocycles. The highest BCUT2D eigenvalue weighted by atomic mass is 15.2. The number of nitrogens with one attached hydrogen (secondary N) is 1. The molecular weight excluding hydrogens is 284 g/mol. The van der Waals surface area contributed by atoms with Gasteiger partial charge in [0.15, 0.2) is 0 Å². The maximum atomic E-state index is 4.29. The molecule has 0 amide bonds. The maximum absolute atomic E-state index is 4.29. The van der Waals surface area contributed by atoms with Gasteiger partial charge in [0.1, 0.15) is 0 Å². The monoisotopic (exact) mass is 312 g/mol. The second kappa shape index (κ2) is 8.27. The highest BCUT2D eigenvalue weighted by Crippen LogP contribution is 2.22. The minimum absolute atomic E-state index is 0.975. The molecule has 1 aliphatic rings. The van der Waals surface area contributed by atoms with Crippen LogP contribution in [0.5, 0.6) is 0 Å². The van der Waals surface area contributed by atoms with Crippen molar-refractivity contribution in [3.05, 3.63) is 42.1 Å². The van der Waals surface area contributed by atoms with Crippen molar-refractivity contribution < 1.29 is 0 Å². The molecule has 124 valence electrons. The maximum Gasteiger partial charge on any atom is 0.0695 e. The summed E-state index contributed by atoms with van der Waals surface area (Å²) in [5, 5.41) is 7.47. The van der Waals surface area contributed by atoms with Gasteiger partial charge < -0.3 is 4.90 Å². The van der Waals surface area contributed by atoms with E-state index in [2.05, 4.69) is 57.3 Å². The highest BCUT2D eigenvalue weighted by molar-refractivity contribution is 5.62. The van der Waals surface area contributed by atoms with Crippen LogP contribution >= 0.6 is 0 Å². The molecule has 2 heterocycles. The van der Waals surface area contributed by atoms with E-state index in [1.54, 1.807) is 0 Å². The summed E-state index contributed by atoms with van der Waals surface area (Å²) in [5.74, 6) is 0. The van der Waals surface area contributed by atoms with Gasteiger partial charge >= 0.3 is 0 Å². The molecule has 0 unspecified atom stereocenters. The largest absolute Gasteiger partial charge is 0.302 e. The Hall–Kier alpha value is -1.65. The molecule has 1 aromatic heterocycles. The molecule has 23 heavy (non-hydrogen) atoms. The van der Waals surface area contributed by atoms with Crippen molar-refractivity contribution >= 4 is 0 Å². The number of benzene rings is 1. The fourth-order valence-electron chi connectivity index (χ4n) is 3.40. The molecule has 1 aliphatic heterocycles. The average Bonchev–Trinajstić information content (AvgIpc) is 3.25. The summed E-state index contributed by atoms with van der Waals surface area (Å²) >= 11 is 0. The Morgan fingerprint density at radius 3 is 2.65 bits per heavy atom. The highest BCUT2D eigenvalue weighted by Gasteiger charge is 2.15. The van der Waals surface area contributed by atoms with Gasteiger partial charge in [-0.2, -0.15) is 5.10 Å². The van der Waals surface area contributed by atoms with Crippen LogP contribution in [0.1, 0.15) is 31.7 Å². The molecule has 1 aromatic carbocycles. The Kier molecular flexibility index (Phi) is 5.83. The SMILES string of the molecule is CCCN(CCN1CCCC1)Cc1cn[nH]c1-c1ccccc1. The third-order valence-corrected chi connectivity index (χ3v) is 4.65. The summed E-state index contributed by atoms with van der Waals surface area (Å²) in [6, 6.07) is 10.5. The smallest absolute Gasteiger partial charge is 0.0695 e. The Morgan fingerprint density at radius 1 is 1.13 bits per heavy atom. The molecule has 0 aliphatic carbocycles. The Morgan fingerprint density at radius 2 is 1.91 bits per heavy atom. The van der Waals surface area contributed by atoms with E-state index in [4.69, 9.17) is 0 Å². The molecule has 1 saturated heterocycles. The molecule has 1 N–H and O–H groups in total. The molecule has 3 rings (SSSR count). The molecule has 0 radical (unpaired) electrons. The number of hydrogen-bond acceptors (Lipinski definition) is 3. The van der Waals surface area contributed by atoms with Crippen LogP contribution in [0.25, 0.3) is 11.3 Å². The van der Waals surface area contributed by atoms with Crippen LogP contribution in [0.4, 0.5) is 0 Å². The van der Waals surface area contributed by atoms with Gasteiger partial charge in [-0.25, -0.2) is 0 Å². The molecule has 2 aromatic rings. The molecular formula is C19H28N4. The van der Waals surface area contributed by atoms with Gasteiger partial charge in [-0.05, 0) is 44.5 Å². The number of H-pyrrole nitrogens is 1. The van der Waals surface area contributed by atoms with Crippen LogP contribution in [0.3, 0.4) is 0 Å². The van der Waals surface area contributed by atoms with Crippen LogP contribution in [-0.4, -0.2) is 52.7 Å². The lowest BCUT2D eigenvalue weighted by Gasteiger charge is -2.24. The summed E-state index contributed by atoms with van der Waals surface area (Å²) in [6.07, 6.45) is 5.92. The van der Waals surface area contributed by atoms with Crippen LogP contribution in [0, 0.1) is 0 Å². The second-order valence-electron chi connectivity index (χ2n) is 6.46. The van der Waals surface area contributed by atoms with E-state index in [1.165, 1.54) is 50.0 Å². The van der Waals surface area contributed by atoms with Gasteiger partial charge in [0.2, 0.25) is 0 Å². The first-order chi connectivity index (χ1) is 11.4. The number of rotatable bonds is 8. The van der Waals surface area contributed by atoms with E-state index in [-0.39, 0.29) is 0 Å². The van der Waals surface area contributed by atoms with Gasteiger partial charge in [0.05, 0.1) is 11.9 Å². The summed E-state index contributed by atoms with van der Waals surface area (Å²) < 4.78 is 0. The lowest BCUT2D eigenvalue weighted by Crippen LogP contribution is -2.34. The zero-order chi connectivity index (χ0) is 15.9. The first-order valence-electron chi connectivity index (χ1n) is 8.89. The van der Waals surface area contributed by atoms with Crippen molar-refractivity contribution in [2.45, 2.75) is 32.7 Å². The van der Waals surface area contributed by atoms with Crippen molar-refractivity contribution in [1.82, 2.24) is 20.0 Å². The Bertz CT molecular complexity index is 572. The van der Waals surface area contributed by atoms with E-state index < -0.39 is 0 Å². The van der Waals surface area contributed by atoms with Gasteiger partial charge in [-0.3, -0.25) is 10.00 Å². The molecule has 4 nitrogen and oxygen atoms in total. The Balaban J connectivity index is 1.64. The average molecular weight is 312 g/mol. The quantitative estimate of drug-likeness (QED) is 0.811. The third kappa shape index (κ3) is 4.43. The van der Waals surface area contributed by atoms with Crippen molar-refractivity contribution in [1.29, 1.82) is 0 Å². The number of aromatic amines is 1. The topological polar surface area (TPSA) is 35.2 Å². The number of likely N-dealkylation sites (tertiary alicyclic amines) is 1. The van der Waals surface area contributed by atoms with Gasteiger partial charge in [-0.1, -0.05) is 37.3 Å². The predicted octanol–water partition coefficient (Wildman–Crippen LogP) is 3.38. The fraction of sp³-hybridized carbons (Fsp3) is 0.526. The Labute approximate surface area is 139 Å². The summed E-state index contributed by atoms with van der Waals surface area (Å²) in [4.78, 5) is 5.16. The first kappa shape index (κ1) is 16.2. The van der Waals surface area contributed by atoms with Crippen molar-refractivity contribution in [2.24, 2.45) is 0 Å². The lowest BCUT2D eigenvalue weighted by molar-refractivity contribution is 0.219. The summed E-state index contributed by atoms with van der Waals surface area (Å²) in [6.45, 7) is 9.28. The van der Waals surface area contributed by atoms with Gasteiger partial charge in [0.25, 0.3) is 0 Å². The van der Waals surface area contributed by atoms with E-state index >= 15 is 0 Å². The van der Waals surface area contributed by atoms with Crippen LogP contribution in [0.15, 0.2) is 36.5 Å². The van der Waals surface area contributed by atoms with Crippen LogP contribution in [-0.2, 0) is 6.54 Å². The van der Waals surface area contributed by atoms with Gasteiger partial charge in [0, 0.05) is 25.2 Å². The molecule has 4 heteroatoms. The van der Waals surface area contributed by atoms with Crippen molar-refractivity contribution in [3.8, 4) is 11.3 Å². The summed E-state index contributed by atoms with van der Waals surface area (Å²) in [7, 11) is 0. The first-order valence-corrected chi connectivity index (χ1v) is 8.89. The van der Waals surface area contributed by atoms with Crippen LogP contribution in [0.2, 0.25) is 0 Å².